The van der Waals surface area contributed by atoms with Crippen molar-refractivity contribution in [2.24, 2.45) is 0 Å². The van der Waals surface area contributed by atoms with Gasteiger partial charge in [0.15, 0.2) is 9.84 Å². The van der Waals surface area contributed by atoms with Crippen LogP contribution in [0.3, 0.4) is 0 Å². The van der Waals surface area contributed by atoms with Crippen LogP contribution in [0.2, 0.25) is 0 Å². The van der Waals surface area contributed by atoms with Crippen molar-refractivity contribution in [1.82, 2.24) is 14.9 Å². The predicted molar refractivity (Wildman–Crippen MR) is 106 cm³/mol. The van der Waals surface area contributed by atoms with Gasteiger partial charge in [-0.2, -0.15) is 0 Å². The summed E-state index contributed by atoms with van der Waals surface area (Å²) >= 11 is 0. The SMILES string of the molecule is CCN(C(=O)c1cc(NC2CCCCCC2)nc(C)n1)C1CCS(=O)(=O)C1. The molecule has 7 nitrogen and oxygen atoms in total. The average Bonchev–Trinajstić information content (AvgIpc) is 2.81. The molecule has 1 aliphatic heterocycles. The quantitative estimate of drug-likeness (QED) is 0.772. The van der Waals surface area contributed by atoms with E-state index in [-0.39, 0.29) is 23.5 Å². The Bertz CT molecular complexity index is 773. The number of amides is 1. The summed E-state index contributed by atoms with van der Waals surface area (Å²) < 4.78 is 23.6. The van der Waals surface area contributed by atoms with E-state index in [1.165, 1.54) is 25.7 Å². The van der Waals surface area contributed by atoms with E-state index < -0.39 is 9.84 Å². The third kappa shape index (κ3) is 5.18. The van der Waals surface area contributed by atoms with Crippen LogP contribution in [0.1, 0.15) is 68.2 Å². The minimum atomic E-state index is -3.04. The molecule has 3 rings (SSSR count). The lowest BCUT2D eigenvalue weighted by Crippen LogP contribution is -2.41. The fourth-order valence-electron chi connectivity index (χ4n) is 4.12. The number of anilines is 1. The number of nitrogens with zero attached hydrogens (tertiary/aromatic N) is 3. The van der Waals surface area contributed by atoms with Gasteiger partial charge in [0.25, 0.3) is 5.91 Å². The van der Waals surface area contributed by atoms with E-state index in [0.29, 0.717) is 36.3 Å². The summed E-state index contributed by atoms with van der Waals surface area (Å²) in [5.41, 5.74) is 0.338. The smallest absolute Gasteiger partial charge is 0.272 e. The van der Waals surface area contributed by atoms with Crippen LogP contribution in [-0.4, -0.2) is 59.3 Å². The van der Waals surface area contributed by atoms with Crippen LogP contribution in [0.25, 0.3) is 0 Å². The molecule has 1 saturated carbocycles. The van der Waals surface area contributed by atoms with E-state index in [1.54, 1.807) is 17.9 Å². The van der Waals surface area contributed by atoms with E-state index in [1.807, 2.05) is 6.92 Å². The first kappa shape index (κ1) is 20.0. The standard InChI is InChI=1S/C19H30N4O3S/c1-3-23(16-10-11-27(25,26)13-16)19(24)17-12-18(21-14(2)20-17)22-15-8-6-4-5-7-9-15/h12,15-16H,3-11,13H2,1-2H3,(H,20,21,22). The highest BCUT2D eigenvalue weighted by atomic mass is 32.2. The van der Waals surface area contributed by atoms with Gasteiger partial charge in [-0.15, -0.1) is 0 Å². The summed E-state index contributed by atoms with van der Waals surface area (Å²) in [7, 11) is -3.04. The summed E-state index contributed by atoms with van der Waals surface area (Å²) in [6.45, 7) is 4.13. The van der Waals surface area contributed by atoms with Crippen LogP contribution in [0, 0.1) is 6.92 Å². The van der Waals surface area contributed by atoms with Crippen molar-refractivity contribution in [1.29, 1.82) is 0 Å². The van der Waals surface area contributed by atoms with Crippen molar-refractivity contribution >= 4 is 21.6 Å². The molecule has 0 aromatic carbocycles. The normalized spacial score (nSPS) is 23.0. The summed E-state index contributed by atoms with van der Waals surface area (Å²) in [6, 6.07) is 1.83. The number of aryl methyl sites for hydroxylation is 1. The molecule has 1 saturated heterocycles. The number of nitrogens with one attached hydrogen (secondary N) is 1. The molecular formula is C19H30N4O3S. The number of carbonyl (C=O) groups is 1. The molecule has 2 fully saturated rings. The lowest BCUT2D eigenvalue weighted by Gasteiger charge is -2.26. The molecule has 2 heterocycles. The molecule has 1 atom stereocenters. The molecule has 150 valence electrons. The maximum absolute atomic E-state index is 13.0. The van der Waals surface area contributed by atoms with Gasteiger partial charge in [0.05, 0.1) is 11.5 Å². The molecule has 0 radical (unpaired) electrons. The second kappa shape index (κ2) is 8.54. The van der Waals surface area contributed by atoms with Gasteiger partial charge in [-0.1, -0.05) is 25.7 Å². The molecule has 27 heavy (non-hydrogen) atoms. The lowest BCUT2D eigenvalue weighted by atomic mass is 10.1. The summed E-state index contributed by atoms with van der Waals surface area (Å²) in [5, 5.41) is 3.48. The van der Waals surface area contributed by atoms with E-state index in [9.17, 15) is 13.2 Å². The zero-order chi connectivity index (χ0) is 19.4. The van der Waals surface area contributed by atoms with E-state index >= 15 is 0 Å². The zero-order valence-electron chi connectivity index (χ0n) is 16.3. The second-order valence-electron chi connectivity index (χ2n) is 7.67. The highest BCUT2D eigenvalue weighted by Crippen LogP contribution is 2.22. The topological polar surface area (TPSA) is 92.3 Å². The molecule has 1 N–H and O–H groups in total. The molecular weight excluding hydrogens is 364 g/mol. The first-order chi connectivity index (χ1) is 12.9. The van der Waals surface area contributed by atoms with Crippen LogP contribution < -0.4 is 5.32 Å². The Morgan fingerprint density at radius 2 is 1.89 bits per heavy atom. The van der Waals surface area contributed by atoms with Crippen LogP contribution in [0.5, 0.6) is 0 Å². The lowest BCUT2D eigenvalue weighted by molar-refractivity contribution is 0.0702. The Labute approximate surface area is 161 Å². The maximum atomic E-state index is 13.0. The summed E-state index contributed by atoms with van der Waals surface area (Å²) in [5.74, 6) is 1.22. The van der Waals surface area contributed by atoms with Crippen molar-refractivity contribution in [2.75, 3.05) is 23.4 Å². The van der Waals surface area contributed by atoms with Gasteiger partial charge in [-0.05, 0) is 33.1 Å². The van der Waals surface area contributed by atoms with E-state index in [4.69, 9.17) is 0 Å². The van der Waals surface area contributed by atoms with E-state index in [2.05, 4.69) is 15.3 Å². The highest BCUT2D eigenvalue weighted by molar-refractivity contribution is 7.91. The fourth-order valence-corrected chi connectivity index (χ4v) is 5.85. The molecule has 0 spiro atoms. The van der Waals surface area contributed by atoms with Gasteiger partial charge in [-0.3, -0.25) is 4.79 Å². The molecule has 1 aliphatic carbocycles. The Kier molecular flexibility index (Phi) is 6.34. The zero-order valence-corrected chi connectivity index (χ0v) is 17.1. The van der Waals surface area contributed by atoms with Gasteiger partial charge in [0, 0.05) is 24.7 Å². The Balaban J connectivity index is 1.76. The molecule has 8 heteroatoms. The second-order valence-corrected chi connectivity index (χ2v) is 9.90. The van der Waals surface area contributed by atoms with Crippen LogP contribution in [0.15, 0.2) is 6.07 Å². The third-order valence-corrected chi connectivity index (χ3v) is 7.27. The monoisotopic (exact) mass is 394 g/mol. The molecule has 1 amide bonds. The largest absolute Gasteiger partial charge is 0.367 e. The minimum Gasteiger partial charge on any atom is -0.367 e. The molecule has 1 unspecified atom stereocenters. The number of sulfone groups is 1. The van der Waals surface area contributed by atoms with Crippen LogP contribution in [0.4, 0.5) is 5.82 Å². The summed E-state index contributed by atoms with van der Waals surface area (Å²) in [6.07, 6.45) is 7.72. The van der Waals surface area contributed by atoms with Crippen molar-refractivity contribution in [2.45, 2.75) is 70.9 Å². The first-order valence-electron chi connectivity index (χ1n) is 10.0. The molecule has 0 bridgehead atoms. The van der Waals surface area contributed by atoms with Gasteiger partial charge in [0.2, 0.25) is 0 Å². The predicted octanol–water partition coefficient (Wildman–Crippen LogP) is 2.57. The average molecular weight is 395 g/mol. The number of rotatable bonds is 5. The third-order valence-electron chi connectivity index (χ3n) is 5.51. The van der Waals surface area contributed by atoms with Gasteiger partial charge < -0.3 is 10.2 Å². The number of hydrogen-bond donors (Lipinski definition) is 1. The number of aromatic nitrogens is 2. The van der Waals surface area contributed by atoms with Crippen molar-refractivity contribution < 1.29 is 13.2 Å². The fraction of sp³-hybridized carbons (Fsp3) is 0.737. The van der Waals surface area contributed by atoms with Crippen LogP contribution >= 0.6 is 0 Å². The summed E-state index contributed by atoms with van der Waals surface area (Å²) in [4.78, 5) is 23.5. The van der Waals surface area contributed by atoms with Crippen molar-refractivity contribution in [3.05, 3.63) is 17.6 Å². The van der Waals surface area contributed by atoms with Crippen molar-refractivity contribution in [3.63, 3.8) is 0 Å². The molecule has 1 aromatic heterocycles. The maximum Gasteiger partial charge on any atom is 0.272 e. The van der Waals surface area contributed by atoms with Gasteiger partial charge in [0.1, 0.15) is 17.3 Å². The number of hydrogen-bond acceptors (Lipinski definition) is 6. The Hall–Kier alpha value is -1.70. The van der Waals surface area contributed by atoms with E-state index in [0.717, 1.165) is 12.8 Å². The Morgan fingerprint density at radius 1 is 1.19 bits per heavy atom. The van der Waals surface area contributed by atoms with Crippen molar-refractivity contribution in [3.8, 4) is 0 Å². The first-order valence-corrected chi connectivity index (χ1v) is 11.8. The van der Waals surface area contributed by atoms with Crippen LogP contribution in [-0.2, 0) is 9.84 Å². The highest BCUT2D eigenvalue weighted by Gasteiger charge is 2.34. The molecule has 1 aromatic rings. The number of carbonyl (C=O) groups excluding carboxylic acids is 1. The Morgan fingerprint density at radius 3 is 2.48 bits per heavy atom. The molecule has 2 aliphatic rings. The van der Waals surface area contributed by atoms with Gasteiger partial charge in [-0.25, -0.2) is 18.4 Å². The minimum absolute atomic E-state index is 0.0455. The van der Waals surface area contributed by atoms with Gasteiger partial charge >= 0.3 is 0 Å².